The molecule has 0 aliphatic carbocycles. The molecule has 0 spiro atoms. The number of rotatable bonds is 6. The topological polar surface area (TPSA) is 30.5 Å². The third kappa shape index (κ3) is 4.12. The molecule has 0 saturated heterocycles. The van der Waals surface area contributed by atoms with Gasteiger partial charge in [-0.25, -0.2) is 8.78 Å². The maximum atomic E-state index is 13.0. The highest BCUT2D eigenvalue weighted by Gasteiger charge is 2.00. The molecule has 20 heavy (non-hydrogen) atoms. The Morgan fingerprint density at radius 3 is 2.15 bits per heavy atom. The Kier molecular flexibility index (Phi) is 4.76. The van der Waals surface area contributed by atoms with E-state index in [9.17, 15) is 8.78 Å². The van der Waals surface area contributed by atoms with E-state index in [4.69, 9.17) is 9.47 Å². The Bertz CT molecular complexity index is 538. The second kappa shape index (κ2) is 6.75. The lowest BCUT2D eigenvalue weighted by Crippen LogP contribution is -2.11. The molecule has 1 N–H and O–H groups in total. The van der Waals surface area contributed by atoms with Crippen LogP contribution in [0.25, 0.3) is 0 Å². The maximum Gasteiger partial charge on any atom is 0.128 e. The fourth-order valence-electron chi connectivity index (χ4n) is 1.69. The lowest BCUT2D eigenvalue weighted by atomic mass is 10.3. The van der Waals surface area contributed by atoms with Gasteiger partial charge in [-0.05, 0) is 36.4 Å². The SMILES string of the molecule is COc1ccc(OCCNc2cc(F)cc(F)c2)cc1. The summed E-state index contributed by atoms with van der Waals surface area (Å²) < 4.78 is 36.4. The molecule has 2 rings (SSSR count). The second-order valence-electron chi connectivity index (χ2n) is 4.11. The van der Waals surface area contributed by atoms with E-state index in [1.807, 2.05) is 0 Å². The van der Waals surface area contributed by atoms with Crippen LogP contribution in [0.3, 0.4) is 0 Å². The van der Waals surface area contributed by atoms with Crippen molar-refractivity contribution in [3.63, 3.8) is 0 Å². The van der Waals surface area contributed by atoms with Crippen molar-refractivity contribution in [2.75, 3.05) is 25.6 Å². The monoisotopic (exact) mass is 279 g/mol. The summed E-state index contributed by atoms with van der Waals surface area (Å²) in [5.41, 5.74) is 0.390. The molecule has 0 bridgehead atoms. The highest BCUT2D eigenvalue weighted by atomic mass is 19.1. The maximum absolute atomic E-state index is 13.0. The first kappa shape index (κ1) is 14.1. The van der Waals surface area contributed by atoms with Crippen molar-refractivity contribution in [3.05, 3.63) is 54.1 Å². The number of ether oxygens (including phenoxy) is 2. The summed E-state index contributed by atoms with van der Waals surface area (Å²) in [6.07, 6.45) is 0. The molecule has 0 radical (unpaired) electrons. The Balaban J connectivity index is 1.78. The van der Waals surface area contributed by atoms with E-state index < -0.39 is 11.6 Å². The van der Waals surface area contributed by atoms with Crippen LogP contribution in [0.1, 0.15) is 0 Å². The molecule has 0 atom stereocenters. The minimum absolute atomic E-state index is 0.379. The second-order valence-corrected chi connectivity index (χ2v) is 4.11. The zero-order valence-corrected chi connectivity index (χ0v) is 11.0. The molecule has 2 aromatic rings. The van der Waals surface area contributed by atoms with E-state index in [0.717, 1.165) is 11.8 Å². The van der Waals surface area contributed by atoms with Gasteiger partial charge in [-0.1, -0.05) is 0 Å². The van der Waals surface area contributed by atoms with Crippen LogP contribution in [-0.2, 0) is 0 Å². The molecular weight excluding hydrogens is 264 g/mol. The quantitative estimate of drug-likeness (QED) is 0.821. The number of nitrogens with one attached hydrogen (secondary N) is 1. The van der Waals surface area contributed by atoms with Gasteiger partial charge >= 0.3 is 0 Å². The molecule has 0 fully saturated rings. The van der Waals surface area contributed by atoms with Gasteiger partial charge in [0.1, 0.15) is 29.7 Å². The van der Waals surface area contributed by atoms with Gasteiger partial charge in [-0.3, -0.25) is 0 Å². The van der Waals surface area contributed by atoms with E-state index in [1.165, 1.54) is 12.1 Å². The summed E-state index contributed by atoms with van der Waals surface area (Å²) in [4.78, 5) is 0. The van der Waals surface area contributed by atoms with Crippen LogP contribution in [0, 0.1) is 11.6 Å². The standard InChI is InChI=1S/C15H15F2NO2/c1-19-14-2-4-15(5-3-14)20-7-6-18-13-9-11(16)8-12(17)10-13/h2-5,8-10,18H,6-7H2,1H3. The van der Waals surface area contributed by atoms with Crippen molar-refractivity contribution in [2.45, 2.75) is 0 Å². The van der Waals surface area contributed by atoms with E-state index in [-0.39, 0.29) is 0 Å². The zero-order chi connectivity index (χ0) is 14.4. The lowest BCUT2D eigenvalue weighted by molar-refractivity contribution is 0.331. The van der Waals surface area contributed by atoms with Gasteiger partial charge in [-0.15, -0.1) is 0 Å². The van der Waals surface area contributed by atoms with Crippen LogP contribution in [0.5, 0.6) is 11.5 Å². The molecule has 2 aromatic carbocycles. The molecule has 0 heterocycles. The van der Waals surface area contributed by atoms with Crippen LogP contribution in [0.15, 0.2) is 42.5 Å². The molecular formula is C15H15F2NO2. The molecule has 0 unspecified atom stereocenters. The normalized spacial score (nSPS) is 10.2. The molecule has 0 aliphatic heterocycles. The van der Waals surface area contributed by atoms with Crippen molar-refractivity contribution < 1.29 is 18.3 Å². The number of methoxy groups -OCH3 is 1. The smallest absolute Gasteiger partial charge is 0.128 e. The number of hydrogen-bond acceptors (Lipinski definition) is 3. The van der Waals surface area contributed by atoms with Crippen LogP contribution in [0.2, 0.25) is 0 Å². The van der Waals surface area contributed by atoms with E-state index in [2.05, 4.69) is 5.32 Å². The lowest BCUT2D eigenvalue weighted by Gasteiger charge is -2.09. The predicted octanol–water partition coefficient (Wildman–Crippen LogP) is 3.46. The number of hydrogen-bond donors (Lipinski definition) is 1. The molecule has 106 valence electrons. The van der Waals surface area contributed by atoms with Crippen molar-refractivity contribution in [1.29, 1.82) is 0 Å². The molecule has 0 aliphatic rings. The summed E-state index contributed by atoms with van der Waals surface area (Å²) >= 11 is 0. The third-order valence-corrected chi connectivity index (χ3v) is 2.62. The first-order valence-electron chi connectivity index (χ1n) is 6.14. The van der Waals surface area contributed by atoms with Crippen molar-refractivity contribution in [3.8, 4) is 11.5 Å². The average molecular weight is 279 g/mol. The molecule has 0 amide bonds. The summed E-state index contributed by atoms with van der Waals surface area (Å²) in [6.45, 7) is 0.819. The molecule has 3 nitrogen and oxygen atoms in total. The number of benzene rings is 2. The van der Waals surface area contributed by atoms with E-state index >= 15 is 0 Å². The third-order valence-electron chi connectivity index (χ3n) is 2.62. The van der Waals surface area contributed by atoms with E-state index in [0.29, 0.717) is 24.6 Å². The summed E-state index contributed by atoms with van der Waals surface area (Å²) in [5.74, 6) is 0.246. The van der Waals surface area contributed by atoms with Crippen molar-refractivity contribution >= 4 is 5.69 Å². The van der Waals surface area contributed by atoms with Crippen molar-refractivity contribution in [1.82, 2.24) is 0 Å². The minimum Gasteiger partial charge on any atom is -0.497 e. The summed E-state index contributed by atoms with van der Waals surface area (Å²) in [7, 11) is 1.60. The van der Waals surface area contributed by atoms with E-state index in [1.54, 1.807) is 31.4 Å². The fourth-order valence-corrected chi connectivity index (χ4v) is 1.69. The average Bonchev–Trinajstić information content (AvgIpc) is 2.43. The van der Waals surface area contributed by atoms with Gasteiger partial charge in [0.15, 0.2) is 0 Å². The predicted molar refractivity (Wildman–Crippen MR) is 73.3 cm³/mol. The molecule has 5 heteroatoms. The van der Waals surface area contributed by atoms with Crippen LogP contribution in [-0.4, -0.2) is 20.3 Å². The fraction of sp³-hybridized carbons (Fsp3) is 0.200. The van der Waals surface area contributed by atoms with Gasteiger partial charge < -0.3 is 14.8 Å². The Hall–Kier alpha value is -2.30. The van der Waals surface area contributed by atoms with Gasteiger partial charge in [0.2, 0.25) is 0 Å². The first-order chi connectivity index (χ1) is 9.67. The Morgan fingerprint density at radius 1 is 0.950 bits per heavy atom. The Morgan fingerprint density at radius 2 is 1.55 bits per heavy atom. The van der Waals surface area contributed by atoms with Crippen LogP contribution >= 0.6 is 0 Å². The summed E-state index contributed by atoms with van der Waals surface area (Å²) in [5, 5.41) is 2.89. The zero-order valence-electron chi connectivity index (χ0n) is 11.0. The van der Waals surface area contributed by atoms with Crippen LogP contribution in [0.4, 0.5) is 14.5 Å². The van der Waals surface area contributed by atoms with Gasteiger partial charge in [0, 0.05) is 18.3 Å². The highest BCUT2D eigenvalue weighted by Crippen LogP contribution is 2.17. The largest absolute Gasteiger partial charge is 0.497 e. The van der Waals surface area contributed by atoms with Crippen LogP contribution < -0.4 is 14.8 Å². The van der Waals surface area contributed by atoms with Crippen molar-refractivity contribution in [2.24, 2.45) is 0 Å². The Labute approximate surface area is 116 Å². The highest BCUT2D eigenvalue weighted by molar-refractivity contribution is 5.43. The number of anilines is 1. The minimum atomic E-state index is -0.608. The molecule has 0 saturated carbocycles. The first-order valence-corrected chi connectivity index (χ1v) is 6.14. The summed E-state index contributed by atoms with van der Waals surface area (Å²) in [6, 6.07) is 10.5. The van der Waals surface area contributed by atoms with Gasteiger partial charge in [0.05, 0.1) is 7.11 Å². The van der Waals surface area contributed by atoms with Gasteiger partial charge in [-0.2, -0.15) is 0 Å². The number of halogens is 2. The van der Waals surface area contributed by atoms with Gasteiger partial charge in [0.25, 0.3) is 0 Å². The molecule has 0 aromatic heterocycles.